The van der Waals surface area contributed by atoms with Crippen molar-refractivity contribution in [3.8, 4) is 11.1 Å². The van der Waals surface area contributed by atoms with Crippen molar-refractivity contribution in [2.75, 3.05) is 0 Å². The zero-order chi connectivity index (χ0) is 19.8. The number of aromatic carboxylic acids is 1. The van der Waals surface area contributed by atoms with E-state index in [-0.39, 0.29) is 5.56 Å². The third-order valence-corrected chi connectivity index (χ3v) is 5.32. The van der Waals surface area contributed by atoms with Crippen LogP contribution in [-0.2, 0) is 6.54 Å². The van der Waals surface area contributed by atoms with Crippen LogP contribution in [0.3, 0.4) is 0 Å². The average Bonchev–Trinajstić information content (AvgIpc) is 3.09. The minimum Gasteiger partial charge on any atom is -0.478 e. The second kappa shape index (κ2) is 7.13. The largest absolute Gasteiger partial charge is 0.478 e. The summed E-state index contributed by atoms with van der Waals surface area (Å²) in [4.78, 5) is 11.5. The van der Waals surface area contributed by atoms with E-state index in [2.05, 4.69) is 0 Å². The molecule has 0 aliphatic rings. The van der Waals surface area contributed by atoms with Crippen LogP contribution < -0.4 is 0 Å². The van der Waals surface area contributed by atoms with Crippen molar-refractivity contribution < 1.29 is 14.3 Å². The molecule has 0 amide bonds. The van der Waals surface area contributed by atoms with E-state index in [4.69, 9.17) is 11.6 Å². The molecule has 0 saturated heterocycles. The number of halogens is 2. The SMILES string of the molecule is Cc1ccc(-c2ccc(Cn3ccc4c(F)ccc(C(=O)O)c43)cc2)cc1Cl. The number of hydrogen-bond donors (Lipinski definition) is 1. The highest BCUT2D eigenvalue weighted by atomic mass is 35.5. The summed E-state index contributed by atoms with van der Waals surface area (Å²) in [6.07, 6.45) is 1.72. The molecule has 0 aliphatic carbocycles. The fourth-order valence-electron chi connectivity index (χ4n) is 3.37. The number of carboxylic acids is 1. The molecular weight excluding hydrogens is 377 g/mol. The third kappa shape index (κ3) is 3.27. The Morgan fingerprint density at radius 2 is 1.75 bits per heavy atom. The normalized spacial score (nSPS) is 11.1. The van der Waals surface area contributed by atoms with Crippen molar-refractivity contribution in [1.29, 1.82) is 0 Å². The lowest BCUT2D eigenvalue weighted by atomic mass is 10.0. The van der Waals surface area contributed by atoms with Gasteiger partial charge in [-0.25, -0.2) is 9.18 Å². The predicted molar refractivity (Wildman–Crippen MR) is 110 cm³/mol. The van der Waals surface area contributed by atoms with Crippen LogP contribution in [-0.4, -0.2) is 15.6 Å². The molecule has 0 bridgehead atoms. The van der Waals surface area contributed by atoms with Crippen molar-refractivity contribution >= 4 is 28.5 Å². The van der Waals surface area contributed by atoms with E-state index in [1.807, 2.05) is 49.4 Å². The lowest BCUT2D eigenvalue weighted by Crippen LogP contribution is -2.04. The quantitative estimate of drug-likeness (QED) is 0.451. The number of benzene rings is 3. The standard InChI is InChI=1S/C23H17ClFNO2/c1-14-2-5-17(12-20(14)24)16-6-3-15(4-7-16)13-26-11-10-18-21(25)9-8-19(22(18)26)23(27)28/h2-12H,13H2,1H3,(H,27,28). The molecule has 0 radical (unpaired) electrons. The Bertz CT molecular complexity index is 1200. The van der Waals surface area contributed by atoms with Gasteiger partial charge in [-0.2, -0.15) is 0 Å². The average molecular weight is 394 g/mol. The molecule has 0 saturated carbocycles. The molecule has 3 nitrogen and oxygen atoms in total. The Morgan fingerprint density at radius 1 is 1.04 bits per heavy atom. The topological polar surface area (TPSA) is 42.2 Å². The molecule has 3 aromatic carbocycles. The first kappa shape index (κ1) is 18.3. The minimum absolute atomic E-state index is 0.0901. The smallest absolute Gasteiger partial charge is 0.337 e. The van der Waals surface area contributed by atoms with E-state index in [1.54, 1.807) is 16.8 Å². The Balaban J connectivity index is 1.67. The first-order chi connectivity index (χ1) is 13.4. The van der Waals surface area contributed by atoms with Gasteiger partial charge >= 0.3 is 5.97 Å². The van der Waals surface area contributed by atoms with Crippen LogP contribution in [0.15, 0.2) is 66.9 Å². The zero-order valence-electron chi connectivity index (χ0n) is 15.1. The highest BCUT2D eigenvalue weighted by molar-refractivity contribution is 6.31. The summed E-state index contributed by atoms with van der Waals surface area (Å²) in [5.74, 6) is -1.50. The summed E-state index contributed by atoms with van der Waals surface area (Å²) in [6, 6.07) is 18.0. The lowest BCUT2D eigenvalue weighted by Gasteiger charge is -2.10. The van der Waals surface area contributed by atoms with Gasteiger partial charge in [0, 0.05) is 23.2 Å². The van der Waals surface area contributed by atoms with Crippen molar-refractivity contribution in [1.82, 2.24) is 4.57 Å². The highest BCUT2D eigenvalue weighted by Crippen LogP contribution is 2.27. The van der Waals surface area contributed by atoms with E-state index in [0.717, 1.165) is 27.3 Å². The van der Waals surface area contributed by atoms with Crippen LogP contribution in [0, 0.1) is 12.7 Å². The Kier molecular flexibility index (Phi) is 4.65. The molecule has 0 atom stereocenters. The van der Waals surface area contributed by atoms with Gasteiger partial charge in [0.05, 0.1) is 11.1 Å². The van der Waals surface area contributed by atoms with E-state index >= 15 is 0 Å². The van der Waals surface area contributed by atoms with Crippen molar-refractivity contribution in [2.24, 2.45) is 0 Å². The number of aryl methyl sites for hydroxylation is 1. The molecule has 4 aromatic rings. The number of nitrogens with zero attached hydrogens (tertiary/aromatic N) is 1. The maximum absolute atomic E-state index is 14.1. The summed E-state index contributed by atoms with van der Waals surface area (Å²) >= 11 is 6.22. The molecule has 1 N–H and O–H groups in total. The van der Waals surface area contributed by atoms with Crippen molar-refractivity contribution in [2.45, 2.75) is 13.5 Å². The molecule has 0 aliphatic heterocycles. The number of carboxylic acid groups (broad SMARTS) is 1. The third-order valence-electron chi connectivity index (χ3n) is 4.91. The molecule has 1 heterocycles. The Labute approximate surface area is 166 Å². The summed E-state index contributed by atoms with van der Waals surface area (Å²) in [5, 5.41) is 10.5. The maximum atomic E-state index is 14.1. The van der Waals surface area contributed by atoms with E-state index in [1.165, 1.54) is 12.1 Å². The van der Waals surface area contributed by atoms with Crippen LogP contribution in [0.1, 0.15) is 21.5 Å². The number of hydrogen-bond acceptors (Lipinski definition) is 1. The first-order valence-corrected chi connectivity index (χ1v) is 9.18. The molecule has 5 heteroatoms. The minimum atomic E-state index is -1.07. The van der Waals surface area contributed by atoms with E-state index < -0.39 is 11.8 Å². The van der Waals surface area contributed by atoms with Crippen LogP contribution in [0.4, 0.5) is 4.39 Å². The number of aromatic nitrogens is 1. The maximum Gasteiger partial charge on any atom is 0.337 e. The number of fused-ring (bicyclic) bond motifs is 1. The molecule has 140 valence electrons. The molecule has 0 unspecified atom stereocenters. The van der Waals surface area contributed by atoms with Gasteiger partial charge in [-0.1, -0.05) is 48.0 Å². The van der Waals surface area contributed by atoms with Gasteiger partial charge in [-0.05, 0) is 53.4 Å². The molecule has 0 spiro atoms. The van der Waals surface area contributed by atoms with Gasteiger partial charge in [-0.15, -0.1) is 0 Å². The number of carbonyl (C=O) groups is 1. The monoisotopic (exact) mass is 393 g/mol. The second-order valence-electron chi connectivity index (χ2n) is 6.77. The van der Waals surface area contributed by atoms with Gasteiger partial charge in [0.25, 0.3) is 0 Å². The van der Waals surface area contributed by atoms with Gasteiger partial charge in [0.15, 0.2) is 0 Å². The molecule has 28 heavy (non-hydrogen) atoms. The molecular formula is C23H17ClFNO2. The predicted octanol–water partition coefficient (Wildman–Crippen LogP) is 6.16. The first-order valence-electron chi connectivity index (χ1n) is 8.80. The number of rotatable bonds is 4. The molecule has 0 fully saturated rings. The highest BCUT2D eigenvalue weighted by Gasteiger charge is 2.15. The van der Waals surface area contributed by atoms with Crippen molar-refractivity contribution in [3.05, 3.63) is 94.4 Å². The van der Waals surface area contributed by atoms with Gasteiger partial charge in [0.2, 0.25) is 0 Å². The van der Waals surface area contributed by atoms with Gasteiger partial charge in [-0.3, -0.25) is 0 Å². The van der Waals surface area contributed by atoms with Crippen LogP contribution in [0.25, 0.3) is 22.0 Å². The zero-order valence-corrected chi connectivity index (χ0v) is 15.9. The summed E-state index contributed by atoms with van der Waals surface area (Å²) < 4.78 is 15.8. The lowest BCUT2D eigenvalue weighted by molar-refractivity contribution is 0.0698. The van der Waals surface area contributed by atoms with Crippen LogP contribution >= 0.6 is 11.6 Å². The Morgan fingerprint density at radius 3 is 2.43 bits per heavy atom. The summed E-state index contributed by atoms with van der Waals surface area (Å²) in [7, 11) is 0. The van der Waals surface area contributed by atoms with E-state index in [0.29, 0.717) is 17.4 Å². The molecule has 1 aromatic heterocycles. The summed E-state index contributed by atoms with van der Waals surface area (Å²) in [6.45, 7) is 2.41. The van der Waals surface area contributed by atoms with Gasteiger partial charge < -0.3 is 9.67 Å². The van der Waals surface area contributed by atoms with Crippen LogP contribution in [0.5, 0.6) is 0 Å². The van der Waals surface area contributed by atoms with Crippen molar-refractivity contribution in [3.63, 3.8) is 0 Å². The fraction of sp³-hybridized carbons (Fsp3) is 0.0870. The molecule has 4 rings (SSSR count). The second-order valence-corrected chi connectivity index (χ2v) is 7.17. The van der Waals surface area contributed by atoms with Gasteiger partial charge in [0.1, 0.15) is 5.82 Å². The Hall–Kier alpha value is -3.11. The fourth-order valence-corrected chi connectivity index (χ4v) is 3.55. The van der Waals surface area contributed by atoms with E-state index in [9.17, 15) is 14.3 Å². The van der Waals surface area contributed by atoms with Crippen LogP contribution in [0.2, 0.25) is 5.02 Å². The summed E-state index contributed by atoms with van der Waals surface area (Å²) in [5.41, 5.74) is 4.57.